The molecule has 0 aliphatic carbocycles. The summed E-state index contributed by atoms with van der Waals surface area (Å²) in [6.45, 7) is 12.0. The van der Waals surface area contributed by atoms with Crippen molar-refractivity contribution in [3.63, 3.8) is 0 Å². The van der Waals surface area contributed by atoms with Gasteiger partial charge < -0.3 is 19.5 Å². The highest BCUT2D eigenvalue weighted by Crippen LogP contribution is 2.24. The van der Waals surface area contributed by atoms with Gasteiger partial charge in [-0.15, -0.1) is 0 Å². The van der Waals surface area contributed by atoms with Gasteiger partial charge >= 0.3 is 12.0 Å². The Balaban J connectivity index is 3.32. The minimum absolute atomic E-state index is 0.183. The van der Waals surface area contributed by atoms with Crippen LogP contribution in [0.3, 0.4) is 0 Å². The molecule has 7 nitrogen and oxygen atoms in total. The summed E-state index contributed by atoms with van der Waals surface area (Å²) in [6, 6.07) is -0.907. The Hall–Kier alpha value is -2.31. The Kier molecular flexibility index (Phi) is 7.41. The zero-order valence-corrected chi connectivity index (χ0v) is 17.1. The lowest BCUT2D eigenvalue weighted by molar-refractivity contribution is 0.0588. The number of hydrogen-bond donors (Lipinski definition) is 1. The van der Waals surface area contributed by atoms with Crippen LogP contribution in [0, 0.1) is 19.8 Å². The van der Waals surface area contributed by atoms with Crippen molar-refractivity contribution in [1.82, 2.24) is 14.8 Å². The summed E-state index contributed by atoms with van der Waals surface area (Å²) in [5, 5.41) is 2.77. The number of aromatic nitrogens is 1. The fourth-order valence-corrected chi connectivity index (χ4v) is 3.14. The first kappa shape index (κ1) is 21.7. The topological polar surface area (TPSA) is 80.6 Å². The van der Waals surface area contributed by atoms with Gasteiger partial charge in [0.2, 0.25) is 0 Å². The first-order valence-electron chi connectivity index (χ1n) is 8.91. The van der Waals surface area contributed by atoms with Crippen molar-refractivity contribution in [3.05, 3.63) is 22.5 Å². The van der Waals surface area contributed by atoms with Gasteiger partial charge in [0.1, 0.15) is 5.69 Å². The molecule has 1 rings (SSSR count). The molecule has 0 aliphatic rings. The number of ether oxygens (including phenoxy) is 1. The van der Waals surface area contributed by atoms with E-state index in [9.17, 15) is 14.4 Å². The Bertz CT molecular complexity index is 691. The zero-order chi connectivity index (χ0) is 20.2. The molecule has 0 fully saturated rings. The average Bonchev–Trinajstić information content (AvgIpc) is 2.80. The molecule has 1 unspecified atom stereocenters. The quantitative estimate of drug-likeness (QED) is 0.595. The maximum atomic E-state index is 13.2. The predicted molar refractivity (Wildman–Crippen MR) is 101 cm³/mol. The molecule has 146 valence electrons. The van der Waals surface area contributed by atoms with E-state index in [1.807, 2.05) is 20.8 Å². The van der Waals surface area contributed by atoms with Crippen molar-refractivity contribution in [2.45, 2.75) is 47.6 Å². The summed E-state index contributed by atoms with van der Waals surface area (Å²) < 4.78 is 6.50. The number of urea groups is 1. The first-order chi connectivity index (χ1) is 12.1. The molecule has 7 heteroatoms. The molecule has 0 aromatic carbocycles. The molecule has 0 saturated heterocycles. The average molecular weight is 365 g/mol. The zero-order valence-electron chi connectivity index (χ0n) is 17.1. The second kappa shape index (κ2) is 8.87. The number of Topliss-reactive ketones (excluding diaryl/α,β-unsaturated/α-hetero) is 1. The molecule has 0 spiro atoms. The molecule has 0 bridgehead atoms. The van der Waals surface area contributed by atoms with Crippen LogP contribution in [0.2, 0.25) is 0 Å². The van der Waals surface area contributed by atoms with E-state index in [2.05, 4.69) is 5.32 Å². The monoisotopic (exact) mass is 365 g/mol. The number of carbonyl (C=O) groups is 3. The van der Waals surface area contributed by atoms with E-state index in [1.165, 1.54) is 7.11 Å². The Labute approximate surface area is 155 Å². The molecule has 0 radical (unpaired) electrons. The van der Waals surface area contributed by atoms with Gasteiger partial charge in [-0.05, 0) is 39.2 Å². The summed E-state index contributed by atoms with van der Waals surface area (Å²) in [4.78, 5) is 39.3. The number of carbonyl (C=O) groups excluding carboxylic acids is 3. The Morgan fingerprint density at radius 1 is 1.19 bits per heavy atom. The highest BCUT2D eigenvalue weighted by atomic mass is 16.5. The molecule has 0 saturated carbocycles. The Morgan fingerprint density at radius 3 is 2.23 bits per heavy atom. The van der Waals surface area contributed by atoms with Crippen LogP contribution >= 0.6 is 0 Å². The van der Waals surface area contributed by atoms with Gasteiger partial charge in [-0.2, -0.15) is 0 Å². The van der Waals surface area contributed by atoms with Gasteiger partial charge in [0.05, 0.1) is 13.2 Å². The van der Waals surface area contributed by atoms with E-state index >= 15 is 0 Å². The van der Waals surface area contributed by atoms with Gasteiger partial charge in [0.25, 0.3) is 0 Å². The minimum atomic E-state index is -0.644. The molecule has 1 aromatic rings. The van der Waals surface area contributed by atoms with Crippen LogP contribution in [0.5, 0.6) is 0 Å². The number of methoxy groups -OCH3 is 1. The van der Waals surface area contributed by atoms with Crippen LogP contribution in [0.25, 0.3) is 0 Å². The fraction of sp³-hybridized carbons (Fsp3) is 0.632. The maximum absolute atomic E-state index is 13.2. The lowest BCUT2D eigenvalue weighted by atomic mass is 9.99. The van der Waals surface area contributed by atoms with Crippen molar-refractivity contribution in [1.29, 1.82) is 0 Å². The second-order valence-electron chi connectivity index (χ2n) is 6.91. The minimum Gasteiger partial charge on any atom is -0.464 e. The lowest BCUT2D eigenvalue weighted by Crippen LogP contribution is -2.49. The van der Waals surface area contributed by atoms with E-state index < -0.39 is 12.0 Å². The van der Waals surface area contributed by atoms with Crippen LogP contribution in [-0.2, 0) is 11.8 Å². The van der Waals surface area contributed by atoms with Crippen LogP contribution < -0.4 is 5.32 Å². The van der Waals surface area contributed by atoms with Crippen molar-refractivity contribution in [2.75, 3.05) is 20.2 Å². The van der Waals surface area contributed by atoms with E-state index in [4.69, 9.17) is 4.74 Å². The molecule has 1 N–H and O–H groups in total. The third kappa shape index (κ3) is 4.26. The van der Waals surface area contributed by atoms with Gasteiger partial charge in [0.15, 0.2) is 5.78 Å². The number of amides is 2. The second-order valence-corrected chi connectivity index (χ2v) is 6.91. The standard InChI is InChI=1S/C19H31N3O4/c1-9-20-19(25)22(10-11(2)3)14(6)17(23)15-12(4)16(18(24)26-8)21(7)13(15)5/h11,14H,9-10H2,1-8H3,(H,20,25). The van der Waals surface area contributed by atoms with Crippen LogP contribution in [0.15, 0.2) is 0 Å². The molecule has 0 aliphatic heterocycles. The number of hydrogen-bond acceptors (Lipinski definition) is 4. The van der Waals surface area contributed by atoms with E-state index in [0.717, 1.165) is 0 Å². The number of nitrogens with one attached hydrogen (secondary N) is 1. The molecule has 2 amide bonds. The van der Waals surface area contributed by atoms with Gasteiger partial charge in [0, 0.05) is 31.4 Å². The SMILES string of the molecule is CCNC(=O)N(CC(C)C)C(C)C(=O)c1c(C)c(C(=O)OC)n(C)c1C. The first-order valence-corrected chi connectivity index (χ1v) is 8.91. The Morgan fingerprint density at radius 2 is 1.77 bits per heavy atom. The number of nitrogens with zero attached hydrogens (tertiary/aromatic N) is 2. The molecule has 1 aromatic heterocycles. The molecular weight excluding hydrogens is 334 g/mol. The number of esters is 1. The summed E-state index contributed by atoms with van der Waals surface area (Å²) in [5.41, 5.74) is 2.08. The molecular formula is C19H31N3O4. The maximum Gasteiger partial charge on any atom is 0.354 e. The third-order valence-corrected chi connectivity index (χ3v) is 4.55. The van der Waals surface area contributed by atoms with Gasteiger partial charge in [-0.25, -0.2) is 9.59 Å². The van der Waals surface area contributed by atoms with Crippen molar-refractivity contribution in [3.8, 4) is 0 Å². The summed E-state index contributed by atoms with van der Waals surface area (Å²) >= 11 is 0. The third-order valence-electron chi connectivity index (χ3n) is 4.55. The van der Waals surface area contributed by atoms with Crippen LogP contribution in [0.4, 0.5) is 4.79 Å². The van der Waals surface area contributed by atoms with Crippen molar-refractivity contribution >= 4 is 17.8 Å². The summed E-state index contributed by atoms with van der Waals surface area (Å²) in [7, 11) is 3.04. The normalized spacial score (nSPS) is 12.0. The highest BCUT2D eigenvalue weighted by molar-refractivity contribution is 6.06. The molecule has 1 atom stereocenters. The van der Waals surface area contributed by atoms with E-state index in [1.54, 1.807) is 37.3 Å². The molecule has 1 heterocycles. The van der Waals surface area contributed by atoms with Gasteiger partial charge in [-0.1, -0.05) is 13.8 Å². The lowest BCUT2D eigenvalue weighted by Gasteiger charge is -2.30. The molecule has 26 heavy (non-hydrogen) atoms. The highest BCUT2D eigenvalue weighted by Gasteiger charge is 2.32. The summed E-state index contributed by atoms with van der Waals surface area (Å²) in [5.74, 6) is -0.448. The van der Waals surface area contributed by atoms with Crippen molar-refractivity contribution < 1.29 is 19.1 Å². The fourth-order valence-electron chi connectivity index (χ4n) is 3.14. The van der Waals surface area contributed by atoms with E-state index in [0.29, 0.717) is 35.6 Å². The van der Waals surface area contributed by atoms with Crippen LogP contribution in [-0.4, -0.2) is 53.5 Å². The smallest absolute Gasteiger partial charge is 0.354 e. The number of rotatable bonds is 7. The van der Waals surface area contributed by atoms with Crippen LogP contribution in [0.1, 0.15) is 59.8 Å². The summed E-state index contributed by atoms with van der Waals surface area (Å²) in [6.07, 6.45) is 0. The van der Waals surface area contributed by atoms with Crippen molar-refractivity contribution in [2.24, 2.45) is 13.0 Å². The predicted octanol–water partition coefficient (Wildman–Crippen LogP) is 2.69. The number of ketones is 1. The largest absolute Gasteiger partial charge is 0.464 e. The van der Waals surface area contributed by atoms with E-state index in [-0.39, 0.29) is 17.7 Å². The van der Waals surface area contributed by atoms with Gasteiger partial charge in [-0.3, -0.25) is 4.79 Å².